The minimum Gasteiger partial charge on any atom is -0.488 e. The first-order valence-electron chi connectivity index (χ1n) is 9.81. The molecule has 0 amide bonds. The van der Waals surface area contributed by atoms with Gasteiger partial charge in [0.2, 0.25) is 5.95 Å². The van der Waals surface area contributed by atoms with Gasteiger partial charge in [-0.05, 0) is 25.5 Å². The van der Waals surface area contributed by atoms with Crippen LogP contribution in [0.3, 0.4) is 0 Å². The first-order valence-corrected chi connectivity index (χ1v) is 9.81. The van der Waals surface area contributed by atoms with Gasteiger partial charge in [-0.25, -0.2) is 9.97 Å². The Bertz CT molecular complexity index is 965. The SMILES string of the molecule is CC.Cc1c(OCc2ccccc2)cc(C)n(Cc2cnc(N(C)C)nc2)c1=O. The van der Waals surface area contributed by atoms with Crippen LogP contribution < -0.4 is 15.2 Å². The van der Waals surface area contributed by atoms with Gasteiger partial charge in [0, 0.05) is 37.7 Å². The minimum atomic E-state index is -0.0604. The molecule has 154 valence electrons. The number of hydrogen-bond donors (Lipinski definition) is 0. The van der Waals surface area contributed by atoms with Crippen LogP contribution in [0.25, 0.3) is 0 Å². The van der Waals surface area contributed by atoms with Crippen molar-refractivity contribution in [3.05, 3.63) is 81.5 Å². The molecular formula is C23H30N4O2. The van der Waals surface area contributed by atoms with E-state index in [1.165, 1.54) is 0 Å². The molecule has 0 aliphatic heterocycles. The topological polar surface area (TPSA) is 60.2 Å². The van der Waals surface area contributed by atoms with E-state index in [1.54, 1.807) is 23.9 Å². The molecule has 0 radical (unpaired) electrons. The second-order valence-electron chi connectivity index (χ2n) is 6.73. The summed E-state index contributed by atoms with van der Waals surface area (Å²) in [5.41, 5.74) is 3.32. The van der Waals surface area contributed by atoms with E-state index in [1.807, 2.05) is 76.2 Å². The number of ether oxygens (including phenoxy) is 1. The molecule has 2 heterocycles. The Hall–Kier alpha value is -3.15. The minimum absolute atomic E-state index is 0.0604. The van der Waals surface area contributed by atoms with Crippen LogP contribution in [-0.2, 0) is 13.2 Å². The van der Waals surface area contributed by atoms with Crippen LogP contribution in [0, 0.1) is 13.8 Å². The third kappa shape index (κ3) is 5.67. The normalized spacial score (nSPS) is 10.1. The molecule has 0 aliphatic carbocycles. The van der Waals surface area contributed by atoms with Crippen molar-refractivity contribution in [2.24, 2.45) is 0 Å². The van der Waals surface area contributed by atoms with Crippen LogP contribution in [0.5, 0.6) is 5.75 Å². The number of benzene rings is 1. The summed E-state index contributed by atoms with van der Waals surface area (Å²) >= 11 is 0. The Morgan fingerprint density at radius 2 is 1.62 bits per heavy atom. The van der Waals surface area contributed by atoms with Crippen LogP contribution in [0.2, 0.25) is 0 Å². The zero-order valence-electron chi connectivity index (χ0n) is 18.1. The van der Waals surface area contributed by atoms with E-state index >= 15 is 0 Å². The van der Waals surface area contributed by atoms with Crippen LogP contribution in [-0.4, -0.2) is 28.6 Å². The lowest BCUT2D eigenvalue weighted by atomic mass is 10.2. The maximum absolute atomic E-state index is 12.8. The second kappa shape index (κ2) is 10.4. The average molecular weight is 395 g/mol. The standard InChI is InChI=1S/C21H24N4O2.C2H6/c1-15-10-19(27-14-17-8-6-5-7-9-17)16(2)20(26)25(15)13-18-11-22-21(23-12-18)24(3)4;1-2/h5-12H,13-14H2,1-4H3;1-2H3. The highest BCUT2D eigenvalue weighted by Crippen LogP contribution is 2.18. The lowest BCUT2D eigenvalue weighted by Gasteiger charge is -2.16. The van der Waals surface area contributed by atoms with Gasteiger partial charge in [0.15, 0.2) is 0 Å². The fraction of sp³-hybridized carbons (Fsp3) is 0.348. The van der Waals surface area contributed by atoms with E-state index in [-0.39, 0.29) is 5.56 Å². The number of hydrogen-bond acceptors (Lipinski definition) is 5. The molecule has 6 nitrogen and oxygen atoms in total. The van der Waals surface area contributed by atoms with E-state index in [0.29, 0.717) is 30.4 Å². The quantitative estimate of drug-likeness (QED) is 0.633. The fourth-order valence-corrected chi connectivity index (χ4v) is 2.77. The number of pyridine rings is 1. The third-order valence-corrected chi connectivity index (χ3v) is 4.37. The molecular weight excluding hydrogens is 364 g/mol. The lowest BCUT2D eigenvalue weighted by Crippen LogP contribution is -2.25. The molecule has 0 spiro atoms. The Kier molecular flexibility index (Phi) is 7.95. The van der Waals surface area contributed by atoms with Crippen molar-refractivity contribution in [3.63, 3.8) is 0 Å². The molecule has 2 aromatic heterocycles. The van der Waals surface area contributed by atoms with Gasteiger partial charge < -0.3 is 14.2 Å². The summed E-state index contributed by atoms with van der Waals surface area (Å²) in [4.78, 5) is 23.3. The molecule has 1 aromatic carbocycles. The summed E-state index contributed by atoms with van der Waals surface area (Å²) in [5.74, 6) is 1.26. The molecule has 3 aromatic rings. The van der Waals surface area contributed by atoms with Crippen molar-refractivity contribution < 1.29 is 4.74 Å². The highest BCUT2D eigenvalue weighted by molar-refractivity contribution is 5.34. The maximum Gasteiger partial charge on any atom is 0.257 e. The summed E-state index contributed by atoms with van der Waals surface area (Å²) in [6, 6.07) is 11.8. The highest BCUT2D eigenvalue weighted by atomic mass is 16.5. The lowest BCUT2D eigenvalue weighted by molar-refractivity contribution is 0.302. The average Bonchev–Trinajstić information content (AvgIpc) is 2.75. The van der Waals surface area contributed by atoms with Crippen LogP contribution in [0.4, 0.5) is 5.95 Å². The molecule has 29 heavy (non-hydrogen) atoms. The number of nitrogens with zero attached hydrogens (tertiary/aromatic N) is 4. The van der Waals surface area contributed by atoms with Crippen molar-refractivity contribution in [3.8, 4) is 5.75 Å². The number of rotatable bonds is 6. The Balaban J connectivity index is 0.00000145. The molecule has 0 aliphatic rings. The Morgan fingerprint density at radius 1 is 1.00 bits per heavy atom. The molecule has 6 heteroatoms. The van der Waals surface area contributed by atoms with Crippen LogP contribution >= 0.6 is 0 Å². The predicted octanol–water partition coefficient (Wildman–Crippen LogP) is 3.97. The predicted molar refractivity (Wildman–Crippen MR) is 118 cm³/mol. The molecule has 0 saturated heterocycles. The van der Waals surface area contributed by atoms with E-state index in [4.69, 9.17) is 4.74 Å². The molecule has 0 unspecified atom stereocenters. The molecule has 0 bridgehead atoms. The monoisotopic (exact) mass is 394 g/mol. The summed E-state index contributed by atoms with van der Waals surface area (Å²) in [6.07, 6.45) is 3.51. The van der Waals surface area contributed by atoms with Crippen molar-refractivity contribution in [1.82, 2.24) is 14.5 Å². The van der Waals surface area contributed by atoms with Gasteiger partial charge >= 0.3 is 0 Å². The number of aryl methyl sites for hydroxylation is 1. The second-order valence-corrected chi connectivity index (χ2v) is 6.73. The van der Waals surface area contributed by atoms with Gasteiger partial charge in [-0.1, -0.05) is 44.2 Å². The van der Waals surface area contributed by atoms with E-state index in [9.17, 15) is 4.79 Å². The van der Waals surface area contributed by atoms with Gasteiger partial charge in [0.25, 0.3) is 5.56 Å². The molecule has 0 N–H and O–H groups in total. The summed E-state index contributed by atoms with van der Waals surface area (Å²) in [5, 5.41) is 0. The van der Waals surface area contributed by atoms with Crippen molar-refractivity contribution in [2.45, 2.75) is 40.8 Å². The van der Waals surface area contributed by atoms with E-state index in [0.717, 1.165) is 16.8 Å². The first kappa shape index (κ1) is 22.1. The fourth-order valence-electron chi connectivity index (χ4n) is 2.77. The first-order chi connectivity index (χ1) is 14.0. The van der Waals surface area contributed by atoms with Crippen LogP contribution in [0.1, 0.15) is 36.2 Å². The van der Waals surface area contributed by atoms with E-state index in [2.05, 4.69) is 9.97 Å². The Morgan fingerprint density at radius 3 is 2.21 bits per heavy atom. The molecule has 0 fully saturated rings. The summed E-state index contributed by atoms with van der Waals surface area (Å²) in [7, 11) is 3.78. The van der Waals surface area contributed by atoms with Crippen molar-refractivity contribution >= 4 is 5.95 Å². The maximum atomic E-state index is 12.8. The zero-order valence-corrected chi connectivity index (χ0v) is 18.1. The van der Waals surface area contributed by atoms with Gasteiger partial charge in [0.1, 0.15) is 12.4 Å². The van der Waals surface area contributed by atoms with Gasteiger partial charge in [-0.2, -0.15) is 0 Å². The van der Waals surface area contributed by atoms with Gasteiger partial charge in [-0.15, -0.1) is 0 Å². The Labute approximate surface area is 172 Å². The van der Waals surface area contributed by atoms with Gasteiger partial charge in [0.05, 0.1) is 12.1 Å². The zero-order chi connectivity index (χ0) is 21.4. The summed E-state index contributed by atoms with van der Waals surface area (Å²) in [6.45, 7) is 8.57. The highest BCUT2D eigenvalue weighted by Gasteiger charge is 2.12. The number of aromatic nitrogens is 3. The molecule has 3 rings (SSSR count). The molecule has 0 atom stereocenters. The third-order valence-electron chi connectivity index (χ3n) is 4.37. The van der Waals surface area contributed by atoms with Crippen molar-refractivity contribution in [1.29, 1.82) is 0 Å². The smallest absolute Gasteiger partial charge is 0.257 e. The summed E-state index contributed by atoms with van der Waals surface area (Å²) < 4.78 is 7.61. The largest absolute Gasteiger partial charge is 0.488 e. The van der Waals surface area contributed by atoms with Gasteiger partial charge in [-0.3, -0.25) is 4.79 Å². The van der Waals surface area contributed by atoms with Crippen LogP contribution in [0.15, 0.2) is 53.6 Å². The van der Waals surface area contributed by atoms with E-state index < -0.39 is 0 Å². The van der Waals surface area contributed by atoms with Crippen molar-refractivity contribution in [2.75, 3.05) is 19.0 Å². The number of anilines is 1. The molecule has 0 saturated carbocycles.